The molecule has 0 aliphatic carbocycles. The van der Waals surface area contributed by atoms with Gasteiger partial charge in [0.2, 0.25) is 0 Å². The Hall–Kier alpha value is -3.68. The molecule has 4 aromatic rings. The molecule has 47 heavy (non-hydrogen) atoms. The van der Waals surface area contributed by atoms with Crippen molar-refractivity contribution in [2.75, 3.05) is 13.1 Å². The third-order valence-corrected chi connectivity index (χ3v) is 7.90. The molecule has 1 fully saturated rings. The Morgan fingerprint density at radius 2 is 1.34 bits per heavy atom. The number of likely N-dealkylation sites (tertiary alicyclic amines) is 1. The van der Waals surface area contributed by atoms with E-state index in [1.165, 1.54) is 23.3 Å². The number of carbonyl (C=O) groups is 1. The highest BCUT2D eigenvalue weighted by Gasteiger charge is 2.18. The molecule has 12 nitrogen and oxygen atoms in total. The second-order valence-corrected chi connectivity index (χ2v) is 13.7. The molecule has 5 rings (SSSR count). The number of hydrogen-bond acceptors (Lipinski definition) is 8. The summed E-state index contributed by atoms with van der Waals surface area (Å²) in [5, 5.41) is 8.98. The number of unbranched alkanes of at least 4 members (excludes halogenated alkanes) is 1. The van der Waals surface area contributed by atoms with Crippen LogP contribution in [0.4, 0.5) is 4.79 Å². The van der Waals surface area contributed by atoms with E-state index in [9.17, 15) is 9.36 Å². The fourth-order valence-corrected chi connectivity index (χ4v) is 4.98. The second-order valence-electron chi connectivity index (χ2n) is 10.2. The van der Waals surface area contributed by atoms with E-state index in [0.29, 0.717) is 30.2 Å². The second kappa shape index (κ2) is 19.2. The van der Waals surface area contributed by atoms with Gasteiger partial charge in [-0.15, -0.1) is 0 Å². The maximum atomic E-state index is 10.9. The summed E-state index contributed by atoms with van der Waals surface area (Å²) in [6.45, 7) is 5.45. The standard InChI is InChI=1S/C17H16BrN3O3.C11H10BrN2O4P.C4H10/c18-14-10-19-16(20-11-14)24-15-3-1-2-13(9-15)8-12-4-6-21(7-5-12)17(22)23;12-9-5-13-11(14-6-9)18-10-3-1-2-8(4-10)7-19(15,16)17;1-3-4-2/h1-3,8-11H,4-7H2,(H,22,23);1-6H,7H2,(H2,15,16,17);3-4H2,1-2H3. The van der Waals surface area contributed by atoms with Crippen LogP contribution in [0.15, 0.2) is 87.8 Å². The highest BCUT2D eigenvalue weighted by atomic mass is 79.9. The molecule has 15 heteroatoms. The van der Waals surface area contributed by atoms with Crippen molar-refractivity contribution in [1.82, 2.24) is 24.8 Å². The number of benzene rings is 2. The summed E-state index contributed by atoms with van der Waals surface area (Å²) in [5.74, 6) is 1.09. The van der Waals surface area contributed by atoms with E-state index in [4.69, 9.17) is 24.4 Å². The minimum absolute atomic E-state index is 0.163. The van der Waals surface area contributed by atoms with Gasteiger partial charge in [-0.2, -0.15) is 0 Å². The van der Waals surface area contributed by atoms with Gasteiger partial charge in [-0.3, -0.25) is 4.57 Å². The first-order valence-corrected chi connectivity index (χ1v) is 18.0. The Morgan fingerprint density at radius 1 is 0.851 bits per heavy atom. The highest BCUT2D eigenvalue weighted by Crippen LogP contribution is 2.39. The molecule has 2 aromatic carbocycles. The third-order valence-electron chi connectivity index (χ3n) is 6.30. The number of rotatable bonds is 8. The molecule has 1 amide bonds. The van der Waals surface area contributed by atoms with Crippen LogP contribution < -0.4 is 9.47 Å². The van der Waals surface area contributed by atoms with E-state index >= 15 is 0 Å². The van der Waals surface area contributed by atoms with E-state index in [1.807, 2.05) is 24.3 Å². The summed E-state index contributed by atoms with van der Waals surface area (Å²) in [6.07, 6.45) is 11.4. The molecule has 0 spiro atoms. The first-order valence-electron chi connectivity index (χ1n) is 14.7. The monoisotopic (exact) mass is 791 g/mol. The number of aromatic nitrogens is 4. The molecular formula is C32H36Br2N5O7P. The van der Waals surface area contributed by atoms with Gasteiger partial charge in [0.05, 0.1) is 15.1 Å². The number of hydrogen-bond donors (Lipinski definition) is 3. The predicted molar refractivity (Wildman–Crippen MR) is 186 cm³/mol. The lowest BCUT2D eigenvalue weighted by Gasteiger charge is -2.25. The smallest absolute Gasteiger partial charge is 0.407 e. The Labute approximate surface area is 290 Å². The van der Waals surface area contributed by atoms with Crippen LogP contribution in [-0.4, -0.2) is 58.9 Å². The molecule has 0 bridgehead atoms. The van der Waals surface area contributed by atoms with Gasteiger partial charge in [-0.25, -0.2) is 24.7 Å². The van der Waals surface area contributed by atoms with Crippen molar-refractivity contribution in [3.63, 3.8) is 0 Å². The summed E-state index contributed by atoms with van der Waals surface area (Å²) in [6, 6.07) is 14.6. The molecule has 3 N–H and O–H groups in total. The summed E-state index contributed by atoms with van der Waals surface area (Å²) in [5.41, 5.74) is 2.75. The lowest BCUT2D eigenvalue weighted by Crippen LogP contribution is -2.35. The Kier molecular flexibility index (Phi) is 15.4. The lowest BCUT2D eigenvalue weighted by atomic mass is 10.0. The average molecular weight is 793 g/mol. The van der Waals surface area contributed by atoms with Crippen LogP contribution >= 0.6 is 39.5 Å². The average Bonchev–Trinajstić information content (AvgIpc) is 3.04. The van der Waals surface area contributed by atoms with Crippen molar-refractivity contribution < 1.29 is 33.7 Å². The number of carboxylic acid groups (broad SMARTS) is 1. The Balaban J connectivity index is 0.000000235. The molecule has 1 saturated heterocycles. The molecule has 0 unspecified atom stereocenters. The number of amides is 1. The van der Waals surface area contributed by atoms with Crippen LogP contribution in [0, 0.1) is 0 Å². The van der Waals surface area contributed by atoms with Gasteiger partial charge in [-0.1, -0.05) is 62.6 Å². The van der Waals surface area contributed by atoms with E-state index in [0.717, 1.165) is 27.4 Å². The first-order chi connectivity index (χ1) is 22.4. The zero-order valence-electron chi connectivity index (χ0n) is 25.9. The van der Waals surface area contributed by atoms with Crippen molar-refractivity contribution in [1.29, 1.82) is 0 Å². The summed E-state index contributed by atoms with van der Waals surface area (Å²) < 4.78 is 23.5. The van der Waals surface area contributed by atoms with Crippen LogP contribution in [0.3, 0.4) is 0 Å². The molecular weight excluding hydrogens is 757 g/mol. The van der Waals surface area contributed by atoms with Gasteiger partial charge in [0.15, 0.2) is 0 Å². The number of halogens is 2. The zero-order valence-corrected chi connectivity index (χ0v) is 29.9. The maximum absolute atomic E-state index is 10.9. The topological polar surface area (TPSA) is 168 Å². The number of nitrogens with zero attached hydrogens (tertiary/aromatic N) is 5. The van der Waals surface area contributed by atoms with Crippen LogP contribution in [0.1, 0.15) is 50.7 Å². The molecule has 0 atom stereocenters. The maximum Gasteiger partial charge on any atom is 0.407 e. The van der Waals surface area contributed by atoms with Crippen molar-refractivity contribution in [3.05, 3.63) is 99.0 Å². The van der Waals surface area contributed by atoms with Crippen LogP contribution in [-0.2, 0) is 10.7 Å². The van der Waals surface area contributed by atoms with Crippen molar-refractivity contribution >= 4 is 51.6 Å². The van der Waals surface area contributed by atoms with Crippen LogP contribution in [0.2, 0.25) is 0 Å². The quantitative estimate of drug-likeness (QED) is 0.146. The van der Waals surface area contributed by atoms with Gasteiger partial charge in [0, 0.05) is 37.9 Å². The van der Waals surface area contributed by atoms with Gasteiger partial charge >= 0.3 is 25.7 Å². The van der Waals surface area contributed by atoms with Gasteiger partial charge in [0.1, 0.15) is 11.5 Å². The highest BCUT2D eigenvalue weighted by molar-refractivity contribution is 9.10. The van der Waals surface area contributed by atoms with E-state index < -0.39 is 13.7 Å². The van der Waals surface area contributed by atoms with E-state index in [1.54, 1.807) is 49.1 Å². The Bertz CT molecular complexity index is 1640. The molecule has 0 saturated carbocycles. The summed E-state index contributed by atoms with van der Waals surface area (Å²) in [7, 11) is -4.09. The largest absolute Gasteiger partial charge is 0.465 e. The fraction of sp³-hybridized carbons (Fsp3) is 0.281. The molecule has 250 valence electrons. The van der Waals surface area contributed by atoms with E-state index in [2.05, 4.69) is 71.7 Å². The van der Waals surface area contributed by atoms with Crippen LogP contribution in [0.25, 0.3) is 6.08 Å². The van der Waals surface area contributed by atoms with Crippen LogP contribution in [0.5, 0.6) is 23.5 Å². The minimum Gasteiger partial charge on any atom is -0.465 e. The predicted octanol–water partition coefficient (Wildman–Crippen LogP) is 8.70. The minimum atomic E-state index is -4.09. The van der Waals surface area contributed by atoms with E-state index in [-0.39, 0.29) is 18.2 Å². The molecule has 1 aliphatic rings. The molecule has 2 aromatic heterocycles. The zero-order chi connectivity index (χ0) is 34.2. The fourth-order valence-electron chi connectivity index (χ4n) is 3.90. The first kappa shape index (κ1) is 37.8. The van der Waals surface area contributed by atoms with Crippen molar-refractivity contribution in [2.24, 2.45) is 0 Å². The van der Waals surface area contributed by atoms with Gasteiger partial charge in [-0.05, 0) is 80.1 Å². The Morgan fingerprint density at radius 3 is 1.81 bits per heavy atom. The molecule has 3 heterocycles. The summed E-state index contributed by atoms with van der Waals surface area (Å²) in [4.78, 5) is 46.3. The van der Waals surface area contributed by atoms with Crippen molar-refractivity contribution in [3.8, 4) is 23.5 Å². The lowest BCUT2D eigenvalue weighted by molar-refractivity contribution is 0.142. The molecule has 0 radical (unpaired) electrons. The SMILES string of the molecule is CCCC.O=C(O)N1CCC(=Cc2cccc(Oc3ncc(Br)cn3)c2)CC1.O=P(O)(O)Cc1cccc(Oc2ncc(Br)cn2)c1. The van der Waals surface area contributed by atoms with Gasteiger partial charge in [0.25, 0.3) is 0 Å². The normalized spacial score (nSPS) is 12.6. The van der Waals surface area contributed by atoms with Crippen molar-refractivity contribution in [2.45, 2.75) is 45.7 Å². The van der Waals surface area contributed by atoms with Gasteiger partial charge < -0.3 is 29.3 Å². The molecule has 1 aliphatic heterocycles. The number of ether oxygens (including phenoxy) is 2. The summed E-state index contributed by atoms with van der Waals surface area (Å²) >= 11 is 6.49. The third kappa shape index (κ3) is 14.7. The number of piperidine rings is 1.